The fourth-order valence-electron chi connectivity index (χ4n) is 1.41. The molecule has 0 unspecified atom stereocenters. The Balaban J connectivity index is -0.000000305. The van der Waals surface area contributed by atoms with Crippen LogP contribution in [0.5, 0.6) is 0 Å². The third-order valence-electron chi connectivity index (χ3n) is 2.28. The van der Waals surface area contributed by atoms with E-state index in [1.165, 1.54) is 5.57 Å². The van der Waals surface area contributed by atoms with Crippen molar-refractivity contribution in [2.45, 2.75) is 45.6 Å². The van der Waals surface area contributed by atoms with Gasteiger partial charge < -0.3 is 29.2 Å². The predicted octanol–water partition coefficient (Wildman–Crippen LogP) is -0.885. The van der Waals surface area contributed by atoms with Crippen molar-refractivity contribution >= 4 is 13.8 Å². The van der Waals surface area contributed by atoms with Gasteiger partial charge >= 0.3 is 41.9 Å². The molecule has 1 aromatic carbocycles. The molecule has 0 saturated heterocycles. The number of allylic oxidation sites excluding steroid dienone is 3. The molecular formula is C17H28Cl2OSi2Zr-2. The predicted molar refractivity (Wildman–Crippen MR) is 93.9 cm³/mol. The summed E-state index contributed by atoms with van der Waals surface area (Å²) in [5, 5.41) is 0. The topological polar surface area (TPSA) is 9.23 Å². The minimum atomic E-state index is -1.29. The van der Waals surface area contributed by atoms with Crippen molar-refractivity contribution in [1.82, 2.24) is 0 Å². The summed E-state index contributed by atoms with van der Waals surface area (Å²) in [7, 11) is -1.29. The molecule has 130 valence electrons. The van der Waals surface area contributed by atoms with E-state index in [0.29, 0.717) is 0 Å². The van der Waals surface area contributed by atoms with Gasteiger partial charge in [0, 0.05) is 6.61 Å². The fraction of sp³-hybridized carbons (Fsp3) is 0.471. The number of hydrogen-bond acceptors (Lipinski definition) is 1. The van der Waals surface area contributed by atoms with E-state index in [-0.39, 0.29) is 30.2 Å². The summed E-state index contributed by atoms with van der Waals surface area (Å²) in [6.45, 7) is 12.2. The molecule has 0 aromatic heterocycles. The van der Waals surface area contributed by atoms with Gasteiger partial charge in [-0.25, -0.2) is 23.8 Å². The van der Waals surface area contributed by atoms with E-state index in [0.717, 1.165) is 19.4 Å². The van der Waals surface area contributed by atoms with Crippen molar-refractivity contribution in [3.05, 3.63) is 54.1 Å². The van der Waals surface area contributed by atoms with Crippen LogP contribution in [0.3, 0.4) is 0 Å². The molecule has 0 N–H and O–H groups in total. The van der Waals surface area contributed by atoms with E-state index in [2.05, 4.69) is 51.0 Å². The van der Waals surface area contributed by atoms with Crippen molar-refractivity contribution in [2.75, 3.05) is 6.61 Å². The largest absolute Gasteiger partial charge is 1.00 e. The molecule has 6 heteroatoms. The molecule has 1 aromatic rings. The molecule has 1 aliphatic carbocycles. The summed E-state index contributed by atoms with van der Waals surface area (Å²) in [5.74, 6) is 0. The van der Waals surface area contributed by atoms with Crippen LogP contribution in [0, 0.1) is 6.08 Å². The molecule has 0 atom stereocenters. The third-order valence-corrected chi connectivity index (χ3v) is 3.35. The van der Waals surface area contributed by atoms with Crippen LogP contribution in [-0.2, 0) is 27.8 Å². The second-order valence-electron chi connectivity index (χ2n) is 6.05. The quantitative estimate of drug-likeness (QED) is 0.414. The standard InChI is InChI=1S/C10H17OSi.C5H5.C2H6Si.2ClH.Zr/c1-12(2,3)11-9-8-10-6-4-5-7-10;1-2-4-5-3-1;1-3-2;;;/h4,7H,6,8-9H2,1-3H3;1-5H;1-2H3;2*1H;/q2*-1;;;;+2/p-2. The van der Waals surface area contributed by atoms with Gasteiger partial charge in [-0.05, 0) is 19.6 Å². The molecule has 0 fully saturated rings. The maximum Gasteiger partial charge on any atom is -0.172 e. The molecule has 1 nitrogen and oxygen atoms in total. The Bertz CT molecular complexity index is 417. The minimum absolute atomic E-state index is 0. The molecule has 0 aliphatic heterocycles. The Hall–Kier alpha value is 0.687. The molecule has 0 radical (unpaired) electrons. The van der Waals surface area contributed by atoms with E-state index in [9.17, 15) is 0 Å². The van der Waals surface area contributed by atoms with Gasteiger partial charge in [0.25, 0.3) is 0 Å². The zero-order valence-corrected chi connectivity index (χ0v) is 20.8. The summed E-state index contributed by atoms with van der Waals surface area (Å²) in [5.41, 5.74) is 1.66. The zero-order chi connectivity index (χ0) is 16.1. The van der Waals surface area contributed by atoms with Crippen LogP contribution in [0.25, 0.3) is 0 Å². The molecule has 1 aliphatic rings. The van der Waals surface area contributed by atoms with Crippen LogP contribution in [0.4, 0.5) is 0 Å². The van der Waals surface area contributed by atoms with Gasteiger partial charge in [-0.2, -0.15) is 24.3 Å². The van der Waals surface area contributed by atoms with Gasteiger partial charge in [-0.1, -0.05) is 12.8 Å². The molecule has 0 saturated carbocycles. The van der Waals surface area contributed by atoms with Gasteiger partial charge in [0.1, 0.15) is 0 Å². The van der Waals surface area contributed by atoms with Crippen LogP contribution in [0.2, 0.25) is 32.7 Å². The Labute approximate surface area is 171 Å². The van der Waals surface area contributed by atoms with Crippen LogP contribution in [-0.4, -0.2) is 20.4 Å². The molecule has 2 rings (SSSR count). The monoisotopic (exact) mass is 464 g/mol. The number of halogens is 2. The van der Waals surface area contributed by atoms with Crippen molar-refractivity contribution in [1.29, 1.82) is 0 Å². The van der Waals surface area contributed by atoms with Crippen molar-refractivity contribution in [2.24, 2.45) is 0 Å². The van der Waals surface area contributed by atoms with Gasteiger partial charge in [-0.3, -0.25) is 6.08 Å². The van der Waals surface area contributed by atoms with E-state index in [1.807, 2.05) is 30.3 Å². The Morgan fingerprint density at radius 2 is 1.74 bits per heavy atom. The van der Waals surface area contributed by atoms with E-state index < -0.39 is 8.32 Å². The summed E-state index contributed by atoms with van der Waals surface area (Å²) in [6, 6.07) is 10.0. The molecule has 0 bridgehead atoms. The summed E-state index contributed by atoms with van der Waals surface area (Å²) < 4.78 is 5.75. The van der Waals surface area contributed by atoms with Gasteiger partial charge in [0.05, 0.1) is 0 Å². The summed E-state index contributed by atoms with van der Waals surface area (Å²) >= 11 is 1.74. The SMILES string of the molecule is C[Si](C)(C)OCCC1=C[C-]=CC1.C[Si](C)=[Zr+2].[Cl-].[Cl-].c1cc[cH-]c1. The maximum absolute atomic E-state index is 5.75. The van der Waals surface area contributed by atoms with Crippen LogP contribution < -0.4 is 24.8 Å². The first-order valence-corrected chi connectivity index (χ1v) is 17.0. The van der Waals surface area contributed by atoms with Crippen molar-refractivity contribution in [3.63, 3.8) is 0 Å². The second-order valence-corrected chi connectivity index (χ2v) is 19.9. The summed E-state index contributed by atoms with van der Waals surface area (Å²) in [6.07, 6.45) is 9.39. The first kappa shape index (κ1) is 28.5. The van der Waals surface area contributed by atoms with Gasteiger partial charge in [-0.15, -0.1) is 0 Å². The fourth-order valence-corrected chi connectivity index (χ4v) is 2.12. The maximum atomic E-state index is 5.75. The van der Waals surface area contributed by atoms with Crippen molar-refractivity contribution < 1.29 is 52.6 Å². The van der Waals surface area contributed by atoms with Crippen LogP contribution >= 0.6 is 0 Å². The minimum Gasteiger partial charge on any atom is -1.00 e. The Morgan fingerprint density at radius 3 is 2.04 bits per heavy atom. The average Bonchev–Trinajstić information content (AvgIpc) is 3.02. The van der Waals surface area contributed by atoms with Crippen molar-refractivity contribution in [3.8, 4) is 0 Å². The molecule has 0 amide bonds. The normalized spacial score (nSPS) is 11.7. The van der Waals surface area contributed by atoms with E-state index in [1.54, 1.807) is 23.3 Å². The van der Waals surface area contributed by atoms with E-state index in [4.69, 9.17) is 4.43 Å². The third kappa shape index (κ3) is 25.1. The first-order valence-electron chi connectivity index (χ1n) is 7.39. The first-order chi connectivity index (χ1) is 9.81. The molecule has 23 heavy (non-hydrogen) atoms. The van der Waals surface area contributed by atoms with Crippen LogP contribution in [0.1, 0.15) is 12.8 Å². The average molecular weight is 467 g/mol. The molecular weight excluding hydrogens is 438 g/mol. The van der Waals surface area contributed by atoms with Gasteiger partial charge in [0.2, 0.25) is 0 Å². The second kappa shape index (κ2) is 17.5. The number of hydrogen-bond donors (Lipinski definition) is 0. The smallest absolute Gasteiger partial charge is 0.172 e. The van der Waals surface area contributed by atoms with Gasteiger partial charge in [0.15, 0.2) is 8.32 Å². The molecule has 0 heterocycles. The summed E-state index contributed by atoms with van der Waals surface area (Å²) in [4.78, 5) is 0. The Kier molecular flexibility index (Phi) is 21.7. The number of rotatable bonds is 4. The Morgan fingerprint density at radius 1 is 1.22 bits per heavy atom. The van der Waals surface area contributed by atoms with Crippen LogP contribution in [0.15, 0.2) is 48.1 Å². The zero-order valence-electron chi connectivity index (χ0n) is 14.8. The molecule has 0 spiro atoms. The van der Waals surface area contributed by atoms with E-state index >= 15 is 0 Å².